The molecule has 0 aliphatic heterocycles. The van der Waals surface area contributed by atoms with Gasteiger partial charge in [0.25, 0.3) is 0 Å². The molecule has 1 aromatic rings. The lowest BCUT2D eigenvalue weighted by molar-refractivity contribution is -0.120. The first kappa shape index (κ1) is 11.3. The van der Waals surface area contributed by atoms with Crippen LogP contribution in [-0.2, 0) is 11.2 Å². The largest absolute Gasteiger partial charge is 0.325 e. The molecule has 0 unspecified atom stereocenters. The molecule has 1 fully saturated rings. The van der Waals surface area contributed by atoms with Gasteiger partial charge in [0.2, 0.25) is 0 Å². The third-order valence-electron chi connectivity index (χ3n) is 2.95. The Morgan fingerprint density at radius 3 is 2.80 bits per heavy atom. The molecule has 2 N–H and O–H groups in total. The van der Waals surface area contributed by atoms with E-state index in [2.05, 4.69) is 15.9 Å². The quantitative estimate of drug-likeness (QED) is 0.925. The molecule has 1 aromatic heterocycles. The highest BCUT2D eigenvalue weighted by Crippen LogP contribution is 2.33. The maximum Gasteiger partial charge on any atom is 0.139 e. The number of halogens is 1. The van der Waals surface area contributed by atoms with Gasteiger partial charge in [-0.3, -0.25) is 4.79 Å². The lowest BCUT2D eigenvalue weighted by atomic mass is 9.74. The molecule has 0 aromatic carbocycles. The van der Waals surface area contributed by atoms with Gasteiger partial charge in [0.1, 0.15) is 5.78 Å². The van der Waals surface area contributed by atoms with Crippen molar-refractivity contribution in [2.45, 2.75) is 37.6 Å². The van der Waals surface area contributed by atoms with E-state index in [-0.39, 0.29) is 11.3 Å². The van der Waals surface area contributed by atoms with Gasteiger partial charge in [-0.15, -0.1) is 11.3 Å². The van der Waals surface area contributed by atoms with Crippen LogP contribution in [0.5, 0.6) is 0 Å². The fourth-order valence-corrected chi connectivity index (χ4v) is 3.41. The van der Waals surface area contributed by atoms with E-state index in [0.717, 1.165) is 22.2 Å². The standard InChI is InChI=1S/C11H14BrNOS/c12-9-2-5-15-10(9)6-8(14)7-11(13)3-1-4-11/h2,5H,1,3-4,6-7,13H2. The van der Waals surface area contributed by atoms with E-state index < -0.39 is 0 Å². The van der Waals surface area contributed by atoms with E-state index in [1.807, 2.05) is 11.4 Å². The van der Waals surface area contributed by atoms with Gasteiger partial charge in [-0.1, -0.05) is 0 Å². The topological polar surface area (TPSA) is 43.1 Å². The van der Waals surface area contributed by atoms with E-state index in [0.29, 0.717) is 12.8 Å². The first-order valence-electron chi connectivity index (χ1n) is 5.11. The van der Waals surface area contributed by atoms with Crippen LogP contribution >= 0.6 is 27.3 Å². The average Bonchev–Trinajstić information content (AvgIpc) is 2.49. The molecule has 0 saturated heterocycles. The van der Waals surface area contributed by atoms with Crippen LogP contribution in [0.25, 0.3) is 0 Å². The van der Waals surface area contributed by atoms with E-state index >= 15 is 0 Å². The van der Waals surface area contributed by atoms with Crippen LogP contribution in [0.4, 0.5) is 0 Å². The number of carbonyl (C=O) groups is 1. The van der Waals surface area contributed by atoms with E-state index in [1.54, 1.807) is 11.3 Å². The van der Waals surface area contributed by atoms with Crippen molar-refractivity contribution in [3.05, 3.63) is 20.8 Å². The number of rotatable bonds is 4. The van der Waals surface area contributed by atoms with Crippen LogP contribution < -0.4 is 5.73 Å². The van der Waals surface area contributed by atoms with Crippen molar-refractivity contribution in [2.75, 3.05) is 0 Å². The van der Waals surface area contributed by atoms with Crippen molar-refractivity contribution in [3.8, 4) is 0 Å². The number of hydrogen-bond acceptors (Lipinski definition) is 3. The van der Waals surface area contributed by atoms with Crippen LogP contribution in [0.1, 0.15) is 30.6 Å². The number of thiophene rings is 1. The van der Waals surface area contributed by atoms with Crippen molar-refractivity contribution in [3.63, 3.8) is 0 Å². The van der Waals surface area contributed by atoms with Gasteiger partial charge in [-0.25, -0.2) is 0 Å². The summed E-state index contributed by atoms with van der Waals surface area (Å²) in [6.07, 6.45) is 4.25. The molecule has 0 amide bonds. The van der Waals surface area contributed by atoms with Crippen LogP contribution in [0.15, 0.2) is 15.9 Å². The highest BCUT2D eigenvalue weighted by Gasteiger charge is 2.34. The van der Waals surface area contributed by atoms with Gasteiger partial charge in [0.15, 0.2) is 0 Å². The Hall–Kier alpha value is -0.190. The van der Waals surface area contributed by atoms with Crippen LogP contribution in [0.3, 0.4) is 0 Å². The van der Waals surface area contributed by atoms with Gasteiger partial charge in [0, 0.05) is 27.7 Å². The van der Waals surface area contributed by atoms with Gasteiger partial charge in [-0.05, 0) is 46.6 Å². The molecule has 0 spiro atoms. The number of carbonyl (C=O) groups excluding carboxylic acids is 1. The Morgan fingerprint density at radius 1 is 1.60 bits per heavy atom. The zero-order valence-corrected chi connectivity index (χ0v) is 10.9. The highest BCUT2D eigenvalue weighted by atomic mass is 79.9. The van der Waals surface area contributed by atoms with Crippen LogP contribution in [-0.4, -0.2) is 11.3 Å². The first-order chi connectivity index (χ1) is 7.09. The summed E-state index contributed by atoms with van der Waals surface area (Å²) in [5.74, 6) is 0.264. The van der Waals surface area contributed by atoms with E-state index in [1.165, 1.54) is 6.42 Å². The van der Waals surface area contributed by atoms with Gasteiger partial charge in [-0.2, -0.15) is 0 Å². The van der Waals surface area contributed by atoms with Crippen LogP contribution in [0, 0.1) is 0 Å². The summed E-state index contributed by atoms with van der Waals surface area (Å²) in [6, 6.07) is 1.98. The number of nitrogens with two attached hydrogens (primary N) is 1. The Labute approximate surface area is 102 Å². The number of Topliss-reactive ketones (excluding diaryl/α,β-unsaturated/α-hetero) is 1. The predicted octanol–water partition coefficient (Wildman–Crippen LogP) is 2.89. The fraction of sp³-hybridized carbons (Fsp3) is 0.545. The second-order valence-corrected chi connectivity index (χ2v) is 6.15. The Kier molecular flexibility index (Phi) is 3.28. The Balaban J connectivity index is 1.90. The second kappa shape index (κ2) is 4.36. The minimum Gasteiger partial charge on any atom is -0.325 e. The molecular weight excluding hydrogens is 274 g/mol. The maximum absolute atomic E-state index is 11.8. The van der Waals surface area contributed by atoms with Gasteiger partial charge >= 0.3 is 0 Å². The maximum atomic E-state index is 11.8. The third kappa shape index (κ3) is 2.68. The molecule has 15 heavy (non-hydrogen) atoms. The molecule has 1 aliphatic carbocycles. The average molecular weight is 288 g/mol. The van der Waals surface area contributed by atoms with E-state index in [9.17, 15) is 4.79 Å². The molecule has 0 radical (unpaired) electrons. The van der Waals surface area contributed by atoms with Gasteiger partial charge < -0.3 is 5.73 Å². The summed E-state index contributed by atoms with van der Waals surface area (Å²) in [4.78, 5) is 12.9. The van der Waals surface area contributed by atoms with Crippen molar-refractivity contribution in [1.82, 2.24) is 0 Å². The third-order valence-corrected chi connectivity index (χ3v) is 4.87. The molecule has 82 valence electrons. The minimum absolute atomic E-state index is 0.180. The zero-order chi connectivity index (χ0) is 10.9. The zero-order valence-electron chi connectivity index (χ0n) is 8.46. The lowest BCUT2D eigenvalue weighted by Gasteiger charge is -2.37. The SMILES string of the molecule is NC1(CC(=O)Cc2sccc2Br)CCC1. The molecule has 2 rings (SSSR count). The summed E-state index contributed by atoms with van der Waals surface area (Å²) in [5.41, 5.74) is 5.86. The summed E-state index contributed by atoms with van der Waals surface area (Å²) >= 11 is 5.05. The van der Waals surface area contributed by atoms with E-state index in [4.69, 9.17) is 5.73 Å². The Bertz CT molecular complexity index is 370. The van der Waals surface area contributed by atoms with Crippen molar-refractivity contribution in [2.24, 2.45) is 5.73 Å². The van der Waals surface area contributed by atoms with Crippen molar-refractivity contribution >= 4 is 33.0 Å². The fourth-order valence-electron chi connectivity index (χ4n) is 1.89. The summed E-state index contributed by atoms with van der Waals surface area (Å²) in [6.45, 7) is 0. The second-order valence-electron chi connectivity index (χ2n) is 4.30. The molecule has 1 heterocycles. The predicted molar refractivity (Wildman–Crippen MR) is 66.1 cm³/mol. The summed E-state index contributed by atoms with van der Waals surface area (Å²) < 4.78 is 1.04. The first-order valence-corrected chi connectivity index (χ1v) is 6.79. The number of ketones is 1. The van der Waals surface area contributed by atoms with Gasteiger partial charge in [0.05, 0.1) is 0 Å². The smallest absolute Gasteiger partial charge is 0.139 e. The monoisotopic (exact) mass is 287 g/mol. The lowest BCUT2D eigenvalue weighted by Crippen LogP contribution is -2.48. The molecule has 2 nitrogen and oxygen atoms in total. The Morgan fingerprint density at radius 2 is 2.33 bits per heavy atom. The highest BCUT2D eigenvalue weighted by molar-refractivity contribution is 9.10. The molecular formula is C11H14BrNOS. The summed E-state index contributed by atoms with van der Waals surface area (Å²) in [5, 5.41) is 1.99. The minimum atomic E-state index is -0.180. The molecule has 1 saturated carbocycles. The molecule has 0 atom stereocenters. The van der Waals surface area contributed by atoms with Crippen molar-refractivity contribution in [1.29, 1.82) is 0 Å². The van der Waals surface area contributed by atoms with Crippen molar-refractivity contribution < 1.29 is 4.79 Å². The van der Waals surface area contributed by atoms with Crippen LogP contribution in [0.2, 0.25) is 0 Å². The molecule has 1 aliphatic rings. The molecule has 0 bridgehead atoms. The molecule has 4 heteroatoms. The normalized spacial score (nSPS) is 18.5. The number of hydrogen-bond donors (Lipinski definition) is 1. The summed E-state index contributed by atoms with van der Waals surface area (Å²) in [7, 11) is 0.